The van der Waals surface area contributed by atoms with Gasteiger partial charge in [-0.2, -0.15) is 13.2 Å². The van der Waals surface area contributed by atoms with Crippen molar-refractivity contribution in [2.75, 3.05) is 39.8 Å². The quantitative estimate of drug-likeness (QED) is 0.755. The molecule has 4 unspecified atom stereocenters. The molecule has 0 saturated carbocycles. The van der Waals surface area contributed by atoms with Crippen LogP contribution in [0.5, 0.6) is 0 Å². The molecular formula is C21H26F3N3O. The van der Waals surface area contributed by atoms with Crippen LogP contribution >= 0.6 is 0 Å². The molecule has 0 radical (unpaired) electrons. The maximum absolute atomic E-state index is 12.6. The number of alkyl halides is 3. The van der Waals surface area contributed by atoms with Crippen molar-refractivity contribution >= 4 is 5.91 Å². The van der Waals surface area contributed by atoms with Crippen molar-refractivity contribution in [2.24, 2.45) is 11.8 Å². The van der Waals surface area contributed by atoms with Crippen LogP contribution in [0.3, 0.4) is 0 Å². The van der Waals surface area contributed by atoms with Crippen molar-refractivity contribution in [3.8, 4) is 12.3 Å². The van der Waals surface area contributed by atoms with Gasteiger partial charge in [0.2, 0.25) is 0 Å². The molecule has 3 heterocycles. The lowest BCUT2D eigenvalue weighted by molar-refractivity contribution is -0.137. The third-order valence-corrected chi connectivity index (χ3v) is 5.89. The Kier molecular flexibility index (Phi) is 6.31. The summed E-state index contributed by atoms with van der Waals surface area (Å²) in [5.74, 6) is 3.56. The van der Waals surface area contributed by atoms with E-state index >= 15 is 0 Å². The van der Waals surface area contributed by atoms with E-state index in [4.69, 9.17) is 6.42 Å². The molecule has 152 valence electrons. The van der Waals surface area contributed by atoms with E-state index in [9.17, 15) is 18.0 Å². The minimum atomic E-state index is -4.39. The minimum absolute atomic E-state index is 0.248. The summed E-state index contributed by atoms with van der Waals surface area (Å²) in [6.07, 6.45) is 3.18. The highest BCUT2D eigenvalue weighted by Gasteiger charge is 2.40. The highest BCUT2D eigenvalue weighted by atomic mass is 19.4. The number of carbonyl (C=O) groups is 1. The van der Waals surface area contributed by atoms with Crippen molar-refractivity contribution in [1.82, 2.24) is 15.1 Å². The summed E-state index contributed by atoms with van der Waals surface area (Å²) in [5.41, 5.74) is -0.502. The number of halogens is 3. The second kappa shape index (κ2) is 8.54. The second-order valence-electron chi connectivity index (χ2n) is 7.88. The summed E-state index contributed by atoms with van der Waals surface area (Å²) in [5, 5.41) is 2.89. The zero-order chi connectivity index (χ0) is 20.3. The number of rotatable bonds is 6. The van der Waals surface area contributed by atoms with Crippen LogP contribution in [0.4, 0.5) is 13.2 Å². The highest BCUT2D eigenvalue weighted by Crippen LogP contribution is 2.36. The van der Waals surface area contributed by atoms with Gasteiger partial charge in [-0.15, -0.1) is 6.42 Å². The standard InChI is InChI=1S/C21H26F3N3O/c1-3-9-26(2)13-17-14-27-10-8-16(17)11-19(27)12-25-20(28)15-4-6-18(7-5-15)21(22,23)24/h1,4-7,16-17,19H,8-14H2,2H3,(H,25,28). The molecule has 1 N–H and O–H groups in total. The zero-order valence-electron chi connectivity index (χ0n) is 16.0. The summed E-state index contributed by atoms with van der Waals surface area (Å²) in [7, 11) is 2.04. The molecule has 1 aromatic carbocycles. The summed E-state index contributed by atoms with van der Waals surface area (Å²) < 4.78 is 37.9. The van der Waals surface area contributed by atoms with Gasteiger partial charge in [0.15, 0.2) is 0 Å². The van der Waals surface area contributed by atoms with Crippen molar-refractivity contribution < 1.29 is 18.0 Å². The van der Waals surface area contributed by atoms with Gasteiger partial charge in [-0.3, -0.25) is 14.6 Å². The van der Waals surface area contributed by atoms with Gasteiger partial charge in [-0.1, -0.05) is 5.92 Å². The van der Waals surface area contributed by atoms with Gasteiger partial charge in [0.1, 0.15) is 0 Å². The predicted molar refractivity (Wildman–Crippen MR) is 102 cm³/mol. The van der Waals surface area contributed by atoms with Crippen LogP contribution in [0.1, 0.15) is 28.8 Å². The Morgan fingerprint density at radius 3 is 2.64 bits per heavy atom. The molecule has 4 atom stereocenters. The molecule has 4 rings (SSSR count). The largest absolute Gasteiger partial charge is 0.416 e. The van der Waals surface area contributed by atoms with Crippen LogP contribution in [0.2, 0.25) is 0 Å². The highest BCUT2D eigenvalue weighted by molar-refractivity contribution is 5.94. The molecule has 7 heteroatoms. The van der Waals surface area contributed by atoms with E-state index in [-0.39, 0.29) is 17.5 Å². The lowest BCUT2D eigenvalue weighted by atomic mass is 9.75. The number of amides is 1. The molecular weight excluding hydrogens is 367 g/mol. The van der Waals surface area contributed by atoms with E-state index in [1.165, 1.54) is 12.1 Å². The van der Waals surface area contributed by atoms with Gasteiger partial charge in [-0.05, 0) is 62.5 Å². The molecule has 3 saturated heterocycles. The summed E-state index contributed by atoms with van der Waals surface area (Å²) in [4.78, 5) is 16.9. The third kappa shape index (κ3) is 4.86. The molecule has 28 heavy (non-hydrogen) atoms. The van der Waals surface area contributed by atoms with E-state index in [0.717, 1.165) is 44.6 Å². The Labute approximate surface area is 164 Å². The van der Waals surface area contributed by atoms with Gasteiger partial charge < -0.3 is 5.32 Å². The van der Waals surface area contributed by atoms with Crippen LogP contribution < -0.4 is 5.32 Å². The number of piperidine rings is 3. The molecule has 4 nitrogen and oxygen atoms in total. The first kappa shape index (κ1) is 20.7. The fraction of sp³-hybridized carbons (Fsp3) is 0.571. The van der Waals surface area contributed by atoms with Crippen LogP contribution in [0.25, 0.3) is 0 Å². The number of nitrogens with one attached hydrogen (secondary N) is 1. The zero-order valence-corrected chi connectivity index (χ0v) is 16.0. The fourth-order valence-electron chi connectivity index (χ4n) is 4.41. The number of carbonyl (C=O) groups excluding carboxylic acids is 1. The van der Waals surface area contributed by atoms with Crippen LogP contribution in [-0.2, 0) is 6.18 Å². The fourth-order valence-corrected chi connectivity index (χ4v) is 4.41. The monoisotopic (exact) mass is 393 g/mol. The normalized spacial score (nSPS) is 26.9. The first-order valence-electron chi connectivity index (χ1n) is 9.59. The SMILES string of the molecule is C#CCN(C)CC1CN2CCC1CC2CNC(=O)c1ccc(C(F)(F)F)cc1. The Morgan fingerprint density at radius 2 is 2.07 bits per heavy atom. The number of fused-ring (bicyclic) bond motifs is 3. The van der Waals surface area contributed by atoms with Gasteiger partial charge in [-0.25, -0.2) is 0 Å². The van der Waals surface area contributed by atoms with Gasteiger partial charge in [0, 0.05) is 31.2 Å². The Hall–Kier alpha value is -2.04. The number of hydrogen-bond acceptors (Lipinski definition) is 3. The molecule has 1 amide bonds. The average molecular weight is 393 g/mol. The minimum Gasteiger partial charge on any atom is -0.350 e. The van der Waals surface area contributed by atoms with E-state index in [2.05, 4.69) is 21.0 Å². The van der Waals surface area contributed by atoms with Gasteiger partial charge in [0.05, 0.1) is 12.1 Å². The van der Waals surface area contributed by atoms with Gasteiger partial charge in [0.25, 0.3) is 5.91 Å². The smallest absolute Gasteiger partial charge is 0.350 e. The maximum Gasteiger partial charge on any atom is 0.416 e. The van der Waals surface area contributed by atoms with Crippen molar-refractivity contribution in [3.05, 3.63) is 35.4 Å². The number of nitrogens with zero attached hydrogens (tertiary/aromatic N) is 2. The molecule has 3 aliphatic heterocycles. The molecule has 2 bridgehead atoms. The number of benzene rings is 1. The Balaban J connectivity index is 1.51. The van der Waals surface area contributed by atoms with Crippen molar-refractivity contribution in [3.63, 3.8) is 0 Å². The Bertz CT molecular complexity index is 726. The molecule has 3 aliphatic rings. The lowest BCUT2D eigenvalue weighted by Crippen LogP contribution is -2.58. The summed E-state index contributed by atoms with van der Waals surface area (Å²) in [6.45, 7) is 4.18. The van der Waals surface area contributed by atoms with Crippen molar-refractivity contribution in [1.29, 1.82) is 0 Å². The topological polar surface area (TPSA) is 35.6 Å². The van der Waals surface area contributed by atoms with E-state index in [1.54, 1.807) is 0 Å². The van der Waals surface area contributed by atoms with E-state index in [1.807, 2.05) is 7.05 Å². The maximum atomic E-state index is 12.6. The average Bonchev–Trinajstić information content (AvgIpc) is 2.66. The Morgan fingerprint density at radius 1 is 1.36 bits per heavy atom. The molecule has 0 aliphatic carbocycles. The summed E-state index contributed by atoms with van der Waals surface area (Å²) >= 11 is 0. The van der Waals surface area contributed by atoms with Crippen molar-refractivity contribution in [2.45, 2.75) is 25.1 Å². The number of hydrogen-bond donors (Lipinski definition) is 1. The lowest BCUT2D eigenvalue weighted by Gasteiger charge is -2.50. The molecule has 1 aromatic rings. The van der Waals surface area contributed by atoms with Crippen LogP contribution in [0, 0.1) is 24.2 Å². The third-order valence-electron chi connectivity index (χ3n) is 5.89. The van der Waals surface area contributed by atoms with Gasteiger partial charge >= 0.3 is 6.18 Å². The molecule has 0 aromatic heterocycles. The molecule has 3 fully saturated rings. The summed E-state index contributed by atoms with van der Waals surface area (Å²) in [6, 6.07) is 4.62. The first-order valence-corrected chi connectivity index (χ1v) is 9.59. The second-order valence-corrected chi connectivity index (χ2v) is 7.88. The van der Waals surface area contributed by atoms with Crippen LogP contribution in [0.15, 0.2) is 24.3 Å². The van der Waals surface area contributed by atoms with E-state index < -0.39 is 11.7 Å². The predicted octanol–water partition coefficient (Wildman–Crippen LogP) is 2.71. The van der Waals surface area contributed by atoms with Crippen LogP contribution in [-0.4, -0.2) is 61.5 Å². The first-order chi connectivity index (χ1) is 13.3. The number of terminal acetylenes is 1. The van der Waals surface area contributed by atoms with E-state index in [0.29, 0.717) is 24.9 Å². The molecule has 0 spiro atoms.